The monoisotopic (exact) mass is 342 g/mol. The van der Waals surface area contributed by atoms with E-state index in [0.29, 0.717) is 5.75 Å². The van der Waals surface area contributed by atoms with Crippen LogP contribution in [0, 0.1) is 0 Å². The van der Waals surface area contributed by atoms with E-state index in [1.807, 2.05) is 32.0 Å². The number of phenolic OH excluding ortho intramolecular Hbond substituents is 1. The molecule has 0 spiro atoms. The van der Waals surface area contributed by atoms with Crippen LogP contribution < -0.4 is 0 Å². The van der Waals surface area contributed by atoms with Gasteiger partial charge in [0.15, 0.2) is 0 Å². The molecule has 0 fully saturated rings. The number of ether oxygens (including phenoxy) is 1. The molecule has 3 N–H and O–H groups in total. The number of para-hydroxylation sites is 1. The summed E-state index contributed by atoms with van der Waals surface area (Å²) >= 11 is 0. The van der Waals surface area contributed by atoms with Gasteiger partial charge < -0.3 is 20.1 Å². The third-order valence-corrected chi connectivity index (χ3v) is 3.30. The lowest BCUT2D eigenvalue weighted by molar-refractivity contribution is 0.162. The number of rotatable bonds is 10. The van der Waals surface area contributed by atoms with Crippen LogP contribution in [0.5, 0.6) is 5.75 Å². The van der Waals surface area contributed by atoms with Crippen molar-refractivity contribution in [2.24, 2.45) is 0 Å². The molecular formula is C20H38O4. The molecule has 0 radical (unpaired) electrons. The van der Waals surface area contributed by atoms with Gasteiger partial charge >= 0.3 is 0 Å². The minimum Gasteiger partial charge on any atom is -0.508 e. The Labute approximate surface area is 148 Å². The maximum absolute atomic E-state index is 9.55. The van der Waals surface area contributed by atoms with Crippen molar-refractivity contribution in [1.82, 2.24) is 0 Å². The van der Waals surface area contributed by atoms with E-state index in [1.54, 1.807) is 6.07 Å². The fourth-order valence-electron chi connectivity index (χ4n) is 2.02. The summed E-state index contributed by atoms with van der Waals surface area (Å²) in [5, 5.41) is 24.8. The van der Waals surface area contributed by atoms with Crippen molar-refractivity contribution < 1.29 is 20.1 Å². The number of phenols is 1. The molecule has 0 aliphatic rings. The van der Waals surface area contributed by atoms with Gasteiger partial charge in [-0.1, -0.05) is 57.2 Å². The second-order valence-corrected chi connectivity index (χ2v) is 5.38. The highest BCUT2D eigenvalue weighted by Gasteiger charge is 1.98. The van der Waals surface area contributed by atoms with Gasteiger partial charge in [0.05, 0.1) is 13.2 Å². The van der Waals surface area contributed by atoms with Crippen molar-refractivity contribution in [1.29, 1.82) is 0 Å². The van der Waals surface area contributed by atoms with Crippen LogP contribution in [0.25, 0.3) is 0 Å². The molecule has 4 nitrogen and oxygen atoms in total. The fraction of sp³-hybridized carbons (Fsp3) is 0.700. The van der Waals surface area contributed by atoms with Gasteiger partial charge in [-0.15, -0.1) is 0 Å². The number of aliphatic hydroxyl groups is 2. The van der Waals surface area contributed by atoms with E-state index in [4.69, 9.17) is 14.9 Å². The molecule has 0 heterocycles. The normalized spacial score (nSPS) is 9.54. The molecule has 1 rings (SSSR count). The molecule has 1 aromatic rings. The second kappa shape index (κ2) is 21.9. The average molecular weight is 343 g/mol. The van der Waals surface area contributed by atoms with E-state index >= 15 is 0 Å². The molecule has 0 aliphatic carbocycles. The maximum atomic E-state index is 9.55. The molecule has 1 aromatic carbocycles. The summed E-state index contributed by atoms with van der Waals surface area (Å²) < 4.78 is 4.83. The standard InChI is InChI=1S/C14H22O.C4H10O.C2H6O2/c1-2-3-4-5-6-7-10-13-11-8-9-12-14(13)15;1-3-5-4-2;3-1-2-4/h8-9,11-12,15H,2-7,10H2,1H3;3-4H2,1-2H3;3-4H,1-2H2. The number of hydrogen-bond donors (Lipinski definition) is 3. The highest BCUT2D eigenvalue weighted by molar-refractivity contribution is 5.31. The Morgan fingerprint density at radius 1 is 0.792 bits per heavy atom. The van der Waals surface area contributed by atoms with E-state index in [0.717, 1.165) is 25.2 Å². The predicted octanol–water partition coefficient (Wildman–Crippen LogP) is 4.31. The molecule has 0 aliphatic heterocycles. The molecule has 0 atom stereocenters. The maximum Gasteiger partial charge on any atom is 0.118 e. The lowest BCUT2D eigenvalue weighted by Crippen LogP contribution is -1.86. The lowest BCUT2D eigenvalue weighted by Gasteiger charge is -2.03. The quantitative estimate of drug-likeness (QED) is 0.554. The molecule has 142 valence electrons. The topological polar surface area (TPSA) is 69.9 Å². The number of benzene rings is 1. The first-order valence-corrected chi connectivity index (χ1v) is 9.24. The Morgan fingerprint density at radius 3 is 1.79 bits per heavy atom. The van der Waals surface area contributed by atoms with Gasteiger partial charge in [0.25, 0.3) is 0 Å². The average Bonchev–Trinajstić information content (AvgIpc) is 2.61. The van der Waals surface area contributed by atoms with Gasteiger partial charge in [0.2, 0.25) is 0 Å². The number of aryl methyl sites for hydroxylation is 1. The Kier molecular flexibility index (Phi) is 22.9. The zero-order valence-corrected chi connectivity index (χ0v) is 15.8. The van der Waals surface area contributed by atoms with Crippen molar-refractivity contribution in [3.63, 3.8) is 0 Å². The zero-order chi connectivity index (χ0) is 18.5. The molecule has 0 saturated carbocycles. The van der Waals surface area contributed by atoms with E-state index in [-0.39, 0.29) is 13.2 Å². The summed E-state index contributed by atoms with van der Waals surface area (Å²) in [4.78, 5) is 0. The lowest BCUT2D eigenvalue weighted by atomic mass is 10.0. The molecule has 0 aromatic heterocycles. The minimum absolute atomic E-state index is 0.125. The molecule has 0 saturated heterocycles. The third kappa shape index (κ3) is 18.9. The Balaban J connectivity index is 0. The summed E-state index contributed by atoms with van der Waals surface area (Å²) in [6, 6.07) is 7.65. The number of unbranched alkanes of at least 4 members (excludes halogenated alkanes) is 5. The van der Waals surface area contributed by atoms with Gasteiger partial charge in [-0.05, 0) is 38.3 Å². The number of aliphatic hydroxyl groups excluding tert-OH is 2. The third-order valence-electron chi connectivity index (χ3n) is 3.30. The van der Waals surface area contributed by atoms with E-state index in [1.165, 1.54) is 38.5 Å². The van der Waals surface area contributed by atoms with Crippen LogP contribution in [0.2, 0.25) is 0 Å². The second-order valence-electron chi connectivity index (χ2n) is 5.38. The van der Waals surface area contributed by atoms with Gasteiger partial charge in [0.1, 0.15) is 5.75 Å². The summed E-state index contributed by atoms with van der Waals surface area (Å²) in [5.74, 6) is 0.450. The van der Waals surface area contributed by atoms with E-state index < -0.39 is 0 Å². The molecule has 0 unspecified atom stereocenters. The largest absolute Gasteiger partial charge is 0.508 e. The summed E-state index contributed by atoms with van der Waals surface area (Å²) in [6.45, 7) is 7.65. The summed E-state index contributed by atoms with van der Waals surface area (Å²) in [6.07, 6.45) is 8.85. The van der Waals surface area contributed by atoms with Crippen molar-refractivity contribution in [2.45, 2.75) is 65.7 Å². The molecular weight excluding hydrogens is 304 g/mol. The molecule has 0 amide bonds. The first kappa shape index (κ1) is 25.1. The predicted molar refractivity (Wildman–Crippen MR) is 102 cm³/mol. The first-order chi connectivity index (χ1) is 11.7. The first-order valence-electron chi connectivity index (χ1n) is 9.24. The van der Waals surface area contributed by atoms with Crippen molar-refractivity contribution in [3.8, 4) is 5.75 Å². The van der Waals surface area contributed by atoms with Crippen molar-refractivity contribution >= 4 is 0 Å². The van der Waals surface area contributed by atoms with Gasteiger partial charge in [-0.25, -0.2) is 0 Å². The molecule has 4 heteroatoms. The highest BCUT2D eigenvalue weighted by Crippen LogP contribution is 2.18. The van der Waals surface area contributed by atoms with Crippen LogP contribution in [0.4, 0.5) is 0 Å². The van der Waals surface area contributed by atoms with Crippen LogP contribution in [0.15, 0.2) is 24.3 Å². The van der Waals surface area contributed by atoms with Gasteiger partial charge in [0, 0.05) is 13.2 Å². The Hall–Kier alpha value is -1.10. The minimum atomic E-state index is -0.125. The SMILES string of the molecule is CCCCCCCCc1ccccc1O.CCOCC.OCCO. The zero-order valence-electron chi connectivity index (χ0n) is 15.8. The summed E-state index contributed by atoms with van der Waals surface area (Å²) in [7, 11) is 0. The Bertz CT molecular complexity index is 338. The van der Waals surface area contributed by atoms with Crippen LogP contribution in [0.1, 0.15) is 64.9 Å². The smallest absolute Gasteiger partial charge is 0.118 e. The molecule has 24 heavy (non-hydrogen) atoms. The van der Waals surface area contributed by atoms with Crippen molar-refractivity contribution in [2.75, 3.05) is 26.4 Å². The van der Waals surface area contributed by atoms with Crippen LogP contribution >= 0.6 is 0 Å². The van der Waals surface area contributed by atoms with Gasteiger partial charge in [-0.3, -0.25) is 0 Å². The fourth-order valence-corrected chi connectivity index (χ4v) is 2.02. The van der Waals surface area contributed by atoms with Crippen LogP contribution in [0.3, 0.4) is 0 Å². The summed E-state index contributed by atoms with van der Waals surface area (Å²) in [5.41, 5.74) is 1.09. The Morgan fingerprint density at radius 2 is 1.33 bits per heavy atom. The van der Waals surface area contributed by atoms with Gasteiger partial charge in [-0.2, -0.15) is 0 Å². The number of hydrogen-bond acceptors (Lipinski definition) is 4. The highest BCUT2D eigenvalue weighted by atomic mass is 16.5. The number of aromatic hydroxyl groups is 1. The van der Waals surface area contributed by atoms with E-state index in [2.05, 4.69) is 6.92 Å². The van der Waals surface area contributed by atoms with Crippen molar-refractivity contribution in [3.05, 3.63) is 29.8 Å². The van der Waals surface area contributed by atoms with E-state index in [9.17, 15) is 5.11 Å². The van der Waals surface area contributed by atoms with Crippen LogP contribution in [-0.4, -0.2) is 41.7 Å². The molecule has 0 bridgehead atoms. The van der Waals surface area contributed by atoms with Crippen LogP contribution in [-0.2, 0) is 11.2 Å².